The van der Waals surface area contributed by atoms with Crippen LogP contribution in [-0.4, -0.2) is 16.6 Å². The highest BCUT2D eigenvalue weighted by atomic mass is 79.9. The second-order valence-corrected chi connectivity index (χ2v) is 5.49. The minimum atomic E-state index is -0.633. The Morgan fingerprint density at radius 2 is 2.16 bits per heavy atom. The summed E-state index contributed by atoms with van der Waals surface area (Å²) in [5.74, 6) is -0.151. The molecule has 2 aromatic rings. The lowest BCUT2D eigenvalue weighted by Crippen LogP contribution is -2.21. The number of aliphatic hydroxyl groups excluding tert-OH is 1. The Bertz CT molecular complexity index is 545. The molecule has 2 rings (SSSR count). The van der Waals surface area contributed by atoms with Gasteiger partial charge in [0.2, 0.25) is 0 Å². The van der Waals surface area contributed by atoms with Gasteiger partial charge in [0.05, 0.1) is 6.10 Å². The summed E-state index contributed by atoms with van der Waals surface area (Å²) in [5.41, 5.74) is 8.74. The second kappa shape index (κ2) is 6.28. The van der Waals surface area contributed by atoms with E-state index in [2.05, 4.69) is 20.9 Å². The standard InChI is InChI=1S/C15H17BrN2O/c1-10-4-5-12(16)7-13(10)15(19)14(8-17)11-3-2-6-18-9-11/h2-7,9,14-15,19H,8,17H2,1H3. The van der Waals surface area contributed by atoms with Crippen LogP contribution in [-0.2, 0) is 0 Å². The Labute approximate surface area is 121 Å². The summed E-state index contributed by atoms with van der Waals surface area (Å²) in [5, 5.41) is 10.6. The highest BCUT2D eigenvalue weighted by molar-refractivity contribution is 9.10. The molecule has 1 aromatic carbocycles. The molecule has 0 radical (unpaired) electrons. The first-order valence-electron chi connectivity index (χ1n) is 6.17. The van der Waals surface area contributed by atoms with E-state index < -0.39 is 6.10 Å². The molecular weight excluding hydrogens is 304 g/mol. The van der Waals surface area contributed by atoms with Crippen LogP contribution in [0.4, 0.5) is 0 Å². The molecule has 0 amide bonds. The van der Waals surface area contributed by atoms with Crippen LogP contribution in [0.3, 0.4) is 0 Å². The maximum atomic E-state index is 10.6. The smallest absolute Gasteiger partial charge is 0.0874 e. The lowest BCUT2D eigenvalue weighted by Gasteiger charge is -2.23. The summed E-state index contributed by atoms with van der Waals surface area (Å²) in [4.78, 5) is 4.09. The van der Waals surface area contributed by atoms with Crippen LogP contribution in [0, 0.1) is 6.92 Å². The van der Waals surface area contributed by atoms with E-state index in [-0.39, 0.29) is 5.92 Å². The molecule has 0 aliphatic rings. The zero-order valence-corrected chi connectivity index (χ0v) is 12.3. The third kappa shape index (κ3) is 3.21. The third-order valence-corrected chi connectivity index (χ3v) is 3.80. The van der Waals surface area contributed by atoms with Gasteiger partial charge in [0, 0.05) is 29.3 Å². The van der Waals surface area contributed by atoms with Gasteiger partial charge in [-0.2, -0.15) is 0 Å². The van der Waals surface area contributed by atoms with Crippen molar-refractivity contribution in [3.8, 4) is 0 Å². The fourth-order valence-corrected chi connectivity index (χ4v) is 2.57. The van der Waals surface area contributed by atoms with Crippen LogP contribution in [0.1, 0.15) is 28.7 Å². The number of nitrogens with two attached hydrogens (primary N) is 1. The molecule has 0 spiro atoms. The zero-order chi connectivity index (χ0) is 13.8. The summed E-state index contributed by atoms with van der Waals surface area (Å²) in [7, 11) is 0. The largest absolute Gasteiger partial charge is 0.388 e. The van der Waals surface area contributed by atoms with Crippen LogP contribution in [0.2, 0.25) is 0 Å². The van der Waals surface area contributed by atoms with Gasteiger partial charge < -0.3 is 10.8 Å². The van der Waals surface area contributed by atoms with Crippen molar-refractivity contribution in [3.05, 3.63) is 63.9 Å². The molecule has 0 aliphatic heterocycles. The van der Waals surface area contributed by atoms with Crippen LogP contribution in [0.15, 0.2) is 47.2 Å². The lowest BCUT2D eigenvalue weighted by atomic mass is 9.88. The molecule has 1 aromatic heterocycles. The van der Waals surface area contributed by atoms with Crippen LogP contribution < -0.4 is 5.73 Å². The first-order chi connectivity index (χ1) is 9.13. The maximum absolute atomic E-state index is 10.6. The van der Waals surface area contributed by atoms with E-state index in [4.69, 9.17) is 5.73 Å². The normalized spacial score (nSPS) is 14.1. The van der Waals surface area contributed by atoms with Gasteiger partial charge in [-0.25, -0.2) is 0 Å². The molecule has 3 N–H and O–H groups in total. The van der Waals surface area contributed by atoms with Gasteiger partial charge >= 0.3 is 0 Å². The molecule has 1 heterocycles. The molecule has 100 valence electrons. The molecule has 0 fully saturated rings. The van der Waals surface area contributed by atoms with Crippen molar-refractivity contribution in [1.29, 1.82) is 0 Å². The van der Waals surface area contributed by atoms with Crippen molar-refractivity contribution >= 4 is 15.9 Å². The Kier molecular flexibility index (Phi) is 4.69. The van der Waals surface area contributed by atoms with Gasteiger partial charge in [-0.05, 0) is 41.8 Å². The van der Waals surface area contributed by atoms with Gasteiger partial charge in [-0.15, -0.1) is 0 Å². The molecule has 0 saturated carbocycles. The molecular formula is C15H17BrN2O. The fourth-order valence-electron chi connectivity index (χ4n) is 2.19. The van der Waals surface area contributed by atoms with Crippen LogP contribution >= 0.6 is 15.9 Å². The molecule has 19 heavy (non-hydrogen) atoms. The van der Waals surface area contributed by atoms with Crippen molar-refractivity contribution in [2.45, 2.75) is 18.9 Å². The van der Waals surface area contributed by atoms with E-state index in [1.54, 1.807) is 12.4 Å². The lowest BCUT2D eigenvalue weighted by molar-refractivity contribution is 0.146. The molecule has 0 aliphatic carbocycles. The molecule has 3 nitrogen and oxygen atoms in total. The topological polar surface area (TPSA) is 59.1 Å². The summed E-state index contributed by atoms with van der Waals surface area (Å²) < 4.78 is 0.953. The van der Waals surface area contributed by atoms with Crippen molar-refractivity contribution < 1.29 is 5.11 Å². The SMILES string of the molecule is Cc1ccc(Br)cc1C(O)C(CN)c1cccnc1. The summed E-state index contributed by atoms with van der Waals surface area (Å²) in [6.45, 7) is 2.36. The van der Waals surface area contributed by atoms with E-state index in [1.807, 2.05) is 37.3 Å². The van der Waals surface area contributed by atoms with E-state index in [0.29, 0.717) is 6.54 Å². The van der Waals surface area contributed by atoms with Crippen LogP contribution in [0.25, 0.3) is 0 Å². The van der Waals surface area contributed by atoms with E-state index in [9.17, 15) is 5.11 Å². The molecule has 0 bridgehead atoms. The number of rotatable bonds is 4. The average Bonchev–Trinajstić information content (AvgIpc) is 2.43. The van der Waals surface area contributed by atoms with Gasteiger partial charge in [-0.1, -0.05) is 28.1 Å². The monoisotopic (exact) mass is 320 g/mol. The number of aliphatic hydroxyl groups is 1. The molecule has 2 unspecified atom stereocenters. The zero-order valence-electron chi connectivity index (χ0n) is 10.8. The highest BCUT2D eigenvalue weighted by Gasteiger charge is 2.23. The van der Waals surface area contributed by atoms with Gasteiger partial charge in [0.15, 0.2) is 0 Å². The van der Waals surface area contributed by atoms with Gasteiger partial charge in [-0.3, -0.25) is 4.98 Å². The van der Waals surface area contributed by atoms with Crippen molar-refractivity contribution in [2.75, 3.05) is 6.54 Å². The summed E-state index contributed by atoms with van der Waals surface area (Å²) in [6.07, 6.45) is 2.84. The average molecular weight is 321 g/mol. The third-order valence-electron chi connectivity index (χ3n) is 3.31. The van der Waals surface area contributed by atoms with E-state index in [0.717, 1.165) is 21.2 Å². The predicted molar refractivity (Wildman–Crippen MR) is 79.9 cm³/mol. The first-order valence-corrected chi connectivity index (χ1v) is 6.97. The maximum Gasteiger partial charge on any atom is 0.0874 e. The number of pyridine rings is 1. The number of aryl methyl sites for hydroxylation is 1. The van der Waals surface area contributed by atoms with Crippen molar-refractivity contribution in [2.24, 2.45) is 5.73 Å². The summed E-state index contributed by atoms with van der Waals surface area (Å²) >= 11 is 3.44. The second-order valence-electron chi connectivity index (χ2n) is 4.57. The minimum Gasteiger partial charge on any atom is -0.388 e. The predicted octanol–water partition coefficient (Wildman–Crippen LogP) is 2.93. The summed E-state index contributed by atoms with van der Waals surface area (Å²) in [6, 6.07) is 9.70. The van der Waals surface area contributed by atoms with Crippen molar-refractivity contribution in [3.63, 3.8) is 0 Å². The number of nitrogens with zero attached hydrogens (tertiary/aromatic N) is 1. The highest BCUT2D eigenvalue weighted by Crippen LogP contribution is 2.32. The van der Waals surface area contributed by atoms with Gasteiger partial charge in [0.1, 0.15) is 0 Å². The fraction of sp³-hybridized carbons (Fsp3) is 0.267. The number of hydrogen-bond donors (Lipinski definition) is 2. The van der Waals surface area contributed by atoms with E-state index >= 15 is 0 Å². The Morgan fingerprint density at radius 1 is 1.37 bits per heavy atom. The minimum absolute atomic E-state index is 0.151. The van der Waals surface area contributed by atoms with E-state index in [1.165, 1.54) is 0 Å². The Morgan fingerprint density at radius 3 is 2.79 bits per heavy atom. The number of halogens is 1. The Hall–Kier alpha value is -1.23. The van der Waals surface area contributed by atoms with Crippen LogP contribution in [0.5, 0.6) is 0 Å². The van der Waals surface area contributed by atoms with Crippen molar-refractivity contribution in [1.82, 2.24) is 4.98 Å². The number of aromatic nitrogens is 1. The molecule has 0 saturated heterocycles. The quantitative estimate of drug-likeness (QED) is 0.910. The number of hydrogen-bond acceptors (Lipinski definition) is 3. The Balaban J connectivity index is 2.36. The van der Waals surface area contributed by atoms with Gasteiger partial charge in [0.25, 0.3) is 0 Å². The molecule has 2 atom stereocenters. The number of benzene rings is 1. The first kappa shape index (κ1) is 14.2. The molecule has 4 heteroatoms.